The maximum Gasteiger partial charge on any atom is 0.118 e. The van der Waals surface area contributed by atoms with Crippen LogP contribution in [0.3, 0.4) is 0 Å². The van der Waals surface area contributed by atoms with Gasteiger partial charge in [0.2, 0.25) is 0 Å². The first kappa shape index (κ1) is 16.3. The molecule has 118 valence electrons. The Hall–Kier alpha value is -1.06. The lowest BCUT2D eigenvalue weighted by atomic mass is 9.94. The highest BCUT2D eigenvalue weighted by molar-refractivity contribution is 5.30. The van der Waals surface area contributed by atoms with E-state index in [1.165, 1.54) is 24.9 Å². The molecule has 3 nitrogen and oxygen atoms in total. The van der Waals surface area contributed by atoms with E-state index in [-0.39, 0.29) is 6.04 Å². The molecular weight excluding hydrogens is 260 g/mol. The minimum atomic E-state index is 0.166. The molecule has 1 aliphatic rings. The van der Waals surface area contributed by atoms with Crippen LogP contribution in [0.2, 0.25) is 0 Å². The third-order valence-corrected chi connectivity index (χ3v) is 4.52. The lowest BCUT2D eigenvalue weighted by Crippen LogP contribution is -2.45. The van der Waals surface area contributed by atoms with Crippen LogP contribution in [0.15, 0.2) is 24.3 Å². The predicted octanol–water partition coefficient (Wildman–Crippen LogP) is 3.59. The molecule has 2 unspecified atom stereocenters. The molecular formula is C18H30N2O. The summed E-state index contributed by atoms with van der Waals surface area (Å²) in [5.74, 6) is 1.78. The van der Waals surface area contributed by atoms with Crippen LogP contribution in [-0.2, 0) is 0 Å². The quantitative estimate of drug-likeness (QED) is 0.795. The largest absolute Gasteiger partial charge is 0.497 e. The number of rotatable bonds is 8. The first-order chi connectivity index (χ1) is 10.1. The Labute approximate surface area is 129 Å². The van der Waals surface area contributed by atoms with Crippen molar-refractivity contribution in [1.29, 1.82) is 0 Å². The zero-order valence-electron chi connectivity index (χ0n) is 13.9. The van der Waals surface area contributed by atoms with E-state index in [9.17, 15) is 0 Å². The zero-order valence-corrected chi connectivity index (χ0v) is 13.9. The molecule has 0 spiro atoms. The van der Waals surface area contributed by atoms with Crippen LogP contribution in [0.5, 0.6) is 5.75 Å². The molecule has 2 rings (SSSR count). The van der Waals surface area contributed by atoms with E-state index in [0.717, 1.165) is 18.1 Å². The number of hydrogen-bond donors (Lipinski definition) is 1. The molecule has 1 fully saturated rings. The van der Waals surface area contributed by atoms with E-state index in [1.807, 2.05) is 12.1 Å². The van der Waals surface area contributed by atoms with Crippen molar-refractivity contribution in [1.82, 2.24) is 4.90 Å². The topological polar surface area (TPSA) is 38.5 Å². The summed E-state index contributed by atoms with van der Waals surface area (Å²) in [6, 6.07) is 9.39. The Morgan fingerprint density at radius 1 is 1.24 bits per heavy atom. The second kappa shape index (κ2) is 7.28. The lowest BCUT2D eigenvalue weighted by Gasteiger charge is -2.38. The molecule has 0 heterocycles. The third kappa shape index (κ3) is 4.21. The summed E-state index contributed by atoms with van der Waals surface area (Å²) < 4.78 is 5.27. The Morgan fingerprint density at radius 3 is 2.29 bits per heavy atom. The molecule has 0 radical (unpaired) electrons. The van der Waals surface area contributed by atoms with Crippen LogP contribution in [0, 0.1) is 5.92 Å². The molecule has 0 bridgehead atoms. The summed E-state index contributed by atoms with van der Waals surface area (Å²) >= 11 is 0. The van der Waals surface area contributed by atoms with Crippen molar-refractivity contribution in [2.45, 2.75) is 58.2 Å². The second-order valence-electron chi connectivity index (χ2n) is 6.52. The minimum Gasteiger partial charge on any atom is -0.497 e. The summed E-state index contributed by atoms with van der Waals surface area (Å²) in [7, 11) is 1.71. The molecule has 3 heteroatoms. The maximum atomic E-state index is 6.48. The Bertz CT molecular complexity index is 425. The molecule has 0 aliphatic heterocycles. The molecule has 0 amide bonds. The van der Waals surface area contributed by atoms with E-state index in [1.54, 1.807) is 7.11 Å². The van der Waals surface area contributed by atoms with Gasteiger partial charge in [-0.2, -0.15) is 0 Å². The number of nitrogens with two attached hydrogens (primary N) is 1. The average Bonchev–Trinajstić information content (AvgIpc) is 3.30. The lowest BCUT2D eigenvalue weighted by molar-refractivity contribution is 0.123. The standard InChI is InChI=1S/C18H30N2O/c1-5-17(19)18(15-8-10-16(21-4)11-9-15)20(13(2)3)12-14-6-7-14/h8-11,13-14,17-18H,5-7,12,19H2,1-4H3. The highest BCUT2D eigenvalue weighted by Gasteiger charge is 2.32. The van der Waals surface area contributed by atoms with Gasteiger partial charge in [0.05, 0.1) is 13.2 Å². The Balaban J connectivity index is 2.25. The molecule has 21 heavy (non-hydrogen) atoms. The molecule has 0 saturated heterocycles. The third-order valence-electron chi connectivity index (χ3n) is 4.52. The number of methoxy groups -OCH3 is 1. The van der Waals surface area contributed by atoms with E-state index in [2.05, 4.69) is 37.8 Å². The highest BCUT2D eigenvalue weighted by Crippen LogP contribution is 2.35. The molecule has 0 aromatic heterocycles. The molecule has 2 atom stereocenters. The van der Waals surface area contributed by atoms with Gasteiger partial charge in [0.15, 0.2) is 0 Å². The SMILES string of the molecule is CCC(N)C(c1ccc(OC)cc1)N(CC1CC1)C(C)C. The van der Waals surface area contributed by atoms with Gasteiger partial charge >= 0.3 is 0 Å². The van der Waals surface area contributed by atoms with Crippen LogP contribution >= 0.6 is 0 Å². The van der Waals surface area contributed by atoms with Gasteiger partial charge < -0.3 is 10.5 Å². The van der Waals surface area contributed by atoms with Crippen LogP contribution < -0.4 is 10.5 Å². The fraction of sp³-hybridized carbons (Fsp3) is 0.667. The number of hydrogen-bond acceptors (Lipinski definition) is 3. The predicted molar refractivity (Wildman–Crippen MR) is 88.6 cm³/mol. The number of benzene rings is 1. The second-order valence-corrected chi connectivity index (χ2v) is 6.52. The fourth-order valence-corrected chi connectivity index (χ4v) is 2.95. The maximum absolute atomic E-state index is 6.48. The van der Waals surface area contributed by atoms with Crippen LogP contribution in [-0.4, -0.2) is 30.6 Å². The van der Waals surface area contributed by atoms with Crippen molar-refractivity contribution in [2.75, 3.05) is 13.7 Å². The van der Waals surface area contributed by atoms with Crippen molar-refractivity contribution in [3.63, 3.8) is 0 Å². The van der Waals surface area contributed by atoms with Gasteiger partial charge in [-0.3, -0.25) is 4.90 Å². The molecule has 1 aromatic carbocycles. The van der Waals surface area contributed by atoms with E-state index < -0.39 is 0 Å². The summed E-state index contributed by atoms with van der Waals surface area (Å²) in [4.78, 5) is 2.59. The van der Waals surface area contributed by atoms with Crippen LogP contribution in [0.25, 0.3) is 0 Å². The van der Waals surface area contributed by atoms with Gasteiger partial charge in [-0.15, -0.1) is 0 Å². The first-order valence-electron chi connectivity index (χ1n) is 8.22. The van der Waals surface area contributed by atoms with Gasteiger partial charge in [0, 0.05) is 18.6 Å². The summed E-state index contributed by atoms with van der Waals surface area (Å²) in [6.07, 6.45) is 3.74. The molecule has 2 N–H and O–H groups in total. The van der Waals surface area contributed by atoms with Gasteiger partial charge in [-0.05, 0) is 56.7 Å². The van der Waals surface area contributed by atoms with Gasteiger partial charge in [-0.25, -0.2) is 0 Å². The smallest absolute Gasteiger partial charge is 0.118 e. The van der Waals surface area contributed by atoms with Crippen molar-refractivity contribution >= 4 is 0 Å². The van der Waals surface area contributed by atoms with E-state index in [0.29, 0.717) is 12.1 Å². The number of ether oxygens (including phenoxy) is 1. The van der Waals surface area contributed by atoms with E-state index in [4.69, 9.17) is 10.5 Å². The monoisotopic (exact) mass is 290 g/mol. The fourth-order valence-electron chi connectivity index (χ4n) is 2.95. The molecule has 1 aromatic rings. The van der Waals surface area contributed by atoms with Gasteiger partial charge in [0.1, 0.15) is 5.75 Å². The first-order valence-corrected chi connectivity index (χ1v) is 8.22. The van der Waals surface area contributed by atoms with Gasteiger partial charge in [0.25, 0.3) is 0 Å². The van der Waals surface area contributed by atoms with Crippen LogP contribution in [0.4, 0.5) is 0 Å². The summed E-state index contributed by atoms with van der Waals surface area (Å²) in [5, 5.41) is 0. The van der Waals surface area contributed by atoms with Crippen molar-refractivity contribution < 1.29 is 4.74 Å². The number of nitrogens with zero attached hydrogens (tertiary/aromatic N) is 1. The highest BCUT2D eigenvalue weighted by atomic mass is 16.5. The average molecular weight is 290 g/mol. The Kier molecular flexibility index (Phi) is 5.65. The van der Waals surface area contributed by atoms with E-state index >= 15 is 0 Å². The van der Waals surface area contributed by atoms with Crippen LogP contribution in [0.1, 0.15) is 51.6 Å². The molecule has 1 saturated carbocycles. The van der Waals surface area contributed by atoms with Crippen molar-refractivity contribution in [3.8, 4) is 5.75 Å². The van der Waals surface area contributed by atoms with Crippen molar-refractivity contribution in [3.05, 3.63) is 29.8 Å². The zero-order chi connectivity index (χ0) is 15.4. The normalized spacial score (nSPS) is 18.0. The minimum absolute atomic E-state index is 0.166. The molecule has 1 aliphatic carbocycles. The van der Waals surface area contributed by atoms with Crippen molar-refractivity contribution in [2.24, 2.45) is 11.7 Å². The van der Waals surface area contributed by atoms with Gasteiger partial charge in [-0.1, -0.05) is 19.1 Å². The summed E-state index contributed by atoms with van der Waals surface area (Å²) in [5.41, 5.74) is 7.79. The Morgan fingerprint density at radius 2 is 1.86 bits per heavy atom. The summed E-state index contributed by atoms with van der Waals surface area (Å²) in [6.45, 7) is 7.90.